The molecule has 0 fully saturated rings. The van der Waals surface area contributed by atoms with E-state index in [1.807, 2.05) is 0 Å². The number of aryl methyl sites for hydroxylation is 2. The quantitative estimate of drug-likeness (QED) is 0.672. The Labute approximate surface area is 104 Å². The fraction of sp³-hybridized carbons (Fsp3) is 0.182. The summed E-state index contributed by atoms with van der Waals surface area (Å²) in [7, 11) is 9.87. The third-order valence-corrected chi connectivity index (χ3v) is 2.25. The van der Waals surface area contributed by atoms with Crippen LogP contribution in [0.2, 0.25) is 0 Å². The third-order valence-electron chi connectivity index (χ3n) is 2.25. The van der Waals surface area contributed by atoms with Gasteiger partial charge in [0.2, 0.25) is 0 Å². The van der Waals surface area contributed by atoms with E-state index in [1.54, 1.807) is 0 Å². The molecule has 0 bridgehead atoms. The standard InChI is InChI=1S/C11H11.2ClH.Zr/c1-8-6-10-4-3-5-11(10)7-9(8)2;;;/h3-7H,1-2H3;2*1H;/q;;;+2/p-2. The van der Waals surface area contributed by atoms with E-state index in [0.717, 1.165) is 0 Å². The van der Waals surface area contributed by atoms with Gasteiger partial charge >= 0.3 is 37.9 Å². The second kappa shape index (κ2) is 6.10. The molecule has 1 aromatic rings. The van der Waals surface area contributed by atoms with Gasteiger partial charge in [-0.3, -0.25) is 0 Å². The zero-order valence-corrected chi connectivity index (χ0v) is 12.1. The van der Waals surface area contributed by atoms with Crippen molar-refractivity contribution in [2.45, 2.75) is 13.8 Å². The molecular weight excluding hydrogens is 294 g/mol. The monoisotopic (exact) mass is 303 g/mol. The Balaban J connectivity index is 0.000000293. The van der Waals surface area contributed by atoms with Gasteiger partial charge in [0.05, 0.1) is 0 Å². The topological polar surface area (TPSA) is 0 Å². The molecule has 3 heteroatoms. The number of benzene rings is 1. The van der Waals surface area contributed by atoms with Crippen LogP contribution in [0.1, 0.15) is 22.3 Å². The first kappa shape index (κ1) is 12.5. The van der Waals surface area contributed by atoms with Gasteiger partial charge in [0.1, 0.15) is 0 Å². The summed E-state index contributed by atoms with van der Waals surface area (Å²) < 4.78 is 0. The van der Waals surface area contributed by atoms with Gasteiger partial charge in [-0.1, -0.05) is 24.3 Å². The molecule has 0 saturated carbocycles. The number of fused-ring (bicyclic) bond motifs is 1. The van der Waals surface area contributed by atoms with Crippen LogP contribution in [0.25, 0.3) is 6.08 Å². The van der Waals surface area contributed by atoms with E-state index >= 15 is 0 Å². The van der Waals surface area contributed by atoms with Gasteiger partial charge < -0.3 is 0 Å². The van der Waals surface area contributed by atoms with Crippen LogP contribution in [0.4, 0.5) is 0 Å². The number of halogens is 2. The van der Waals surface area contributed by atoms with Gasteiger partial charge in [-0.25, -0.2) is 0 Å². The van der Waals surface area contributed by atoms with Crippen LogP contribution in [-0.2, 0) is 20.8 Å². The van der Waals surface area contributed by atoms with Crippen LogP contribution in [0, 0.1) is 20.3 Å². The van der Waals surface area contributed by atoms with Crippen molar-refractivity contribution in [2.75, 3.05) is 0 Å². The van der Waals surface area contributed by atoms with Crippen LogP contribution in [0.15, 0.2) is 18.2 Å². The Kier molecular flexibility index (Phi) is 5.45. The SMILES string of the molecule is Cc1cc2c(cc1C)C=C[CH]2.[Cl][Zr][Cl]. The molecule has 1 radical (unpaired) electrons. The van der Waals surface area contributed by atoms with Crippen molar-refractivity contribution in [3.8, 4) is 0 Å². The zero-order chi connectivity index (χ0) is 10.6. The van der Waals surface area contributed by atoms with E-state index in [9.17, 15) is 0 Å². The first-order chi connectivity index (χ1) is 6.69. The van der Waals surface area contributed by atoms with Crippen molar-refractivity contribution in [3.05, 3.63) is 46.9 Å². The number of rotatable bonds is 0. The minimum absolute atomic E-state index is 0.826. The van der Waals surface area contributed by atoms with Gasteiger partial charge in [0.15, 0.2) is 0 Å². The normalized spacial score (nSPS) is 11.7. The first-order valence-electron chi connectivity index (χ1n) is 4.28. The van der Waals surface area contributed by atoms with Crippen LogP contribution in [0.3, 0.4) is 0 Å². The molecule has 73 valence electrons. The number of hydrogen-bond acceptors (Lipinski definition) is 0. The second-order valence-corrected chi connectivity index (χ2v) is 6.89. The Morgan fingerprint density at radius 1 is 1.00 bits per heavy atom. The van der Waals surface area contributed by atoms with Gasteiger partial charge in [0.25, 0.3) is 0 Å². The Bertz CT molecular complexity index is 345. The Morgan fingerprint density at radius 2 is 1.50 bits per heavy atom. The Morgan fingerprint density at radius 3 is 2.07 bits per heavy atom. The molecule has 0 unspecified atom stereocenters. The van der Waals surface area contributed by atoms with E-state index in [0.29, 0.717) is 0 Å². The van der Waals surface area contributed by atoms with E-state index in [-0.39, 0.29) is 0 Å². The van der Waals surface area contributed by atoms with Crippen LogP contribution >= 0.6 is 17.0 Å². The summed E-state index contributed by atoms with van der Waals surface area (Å²) in [4.78, 5) is 0. The number of allylic oxidation sites excluding steroid dienone is 1. The molecule has 0 aliphatic heterocycles. The summed E-state index contributed by atoms with van der Waals surface area (Å²) in [5, 5.41) is 0. The predicted molar refractivity (Wildman–Crippen MR) is 60.1 cm³/mol. The Hall–Kier alpha value is 0.423. The molecule has 0 nitrogen and oxygen atoms in total. The van der Waals surface area contributed by atoms with Gasteiger partial charge in [0, 0.05) is 6.42 Å². The molecule has 0 saturated heterocycles. The molecule has 0 atom stereocenters. The van der Waals surface area contributed by atoms with E-state index in [2.05, 4.69) is 44.6 Å². The van der Waals surface area contributed by atoms with Crippen molar-refractivity contribution >= 4 is 23.1 Å². The molecule has 0 spiro atoms. The molecule has 2 rings (SSSR count). The van der Waals surface area contributed by atoms with Gasteiger partial charge in [-0.15, -0.1) is 0 Å². The van der Waals surface area contributed by atoms with Crippen LogP contribution in [0.5, 0.6) is 0 Å². The first-order valence-corrected chi connectivity index (χ1v) is 10.6. The summed E-state index contributed by atoms with van der Waals surface area (Å²) in [5.41, 5.74) is 5.47. The molecule has 1 aliphatic carbocycles. The zero-order valence-electron chi connectivity index (χ0n) is 8.14. The molecule has 1 aromatic carbocycles. The van der Waals surface area contributed by atoms with Crippen molar-refractivity contribution in [1.82, 2.24) is 0 Å². The van der Waals surface area contributed by atoms with Gasteiger partial charge in [-0.2, -0.15) is 0 Å². The second-order valence-electron chi connectivity index (χ2n) is 3.16. The fourth-order valence-corrected chi connectivity index (χ4v) is 1.40. The molecule has 0 amide bonds. The van der Waals surface area contributed by atoms with Crippen molar-refractivity contribution in [3.63, 3.8) is 0 Å². The summed E-state index contributed by atoms with van der Waals surface area (Å²) in [6.45, 7) is 4.31. The van der Waals surface area contributed by atoms with Crippen molar-refractivity contribution < 1.29 is 20.8 Å². The maximum atomic E-state index is 4.93. The summed E-state index contributed by atoms with van der Waals surface area (Å²) >= 11 is -0.826. The molecule has 0 N–H and O–H groups in total. The van der Waals surface area contributed by atoms with Crippen LogP contribution in [-0.4, -0.2) is 0 Å². The molecule has 0 aromatic heterocycles. The summed E-state index contributed by atoms with van der Waals surface area (Å²) in [6, 6.07) is 4.48. The van der Waals surface area contributed by atoms with E-state index in [1.165, 1.54) is 22.3 Å². The number of hydrogen-bond donors (Lipinski definition) is 0. The average molecular weight is 305 g/mol. The molecule has 1 aliphatic rings. The summed E-state index contributed by atoms with van der Waals surface area (Å²) in [5.74, 6) is 0. The van der Waals surface area contributed by atoms with E-state index < -0.39 is 20.8 Å². The average Bonchev–Trinajstić information content (AvgIpc) is 2.54. The minimum atomic E-state index is -0.826. The van der Waals surface area contributed by atoms with Crippen LogP contribution < -0.4 is 0 Å². The fourth-order valence-electron chi connectivity index (χ4n) is 1.40. The molecular formula is C11H11Cl2Zr. The van der Waals surface area contributed by atoms with Gasteiger partial charge in [-0.05, 0) is 36.1 Å². The van der Waals surface area contributed by atoms with Crippen molar-refractivity contribution in [1.29, 1.82) is 0 Å². The van der Waals surface area contributed by atoms with Crippen molar-refractivity contribution in [2.24, 2.45) is 0 Å². The molecule has 14 heavy (non-hydrogen) atoms. The third kappa shape index (κ3) is 3.22. The molecule has 0 heterocycles. The summed E-state index contributed by atoms with van der Waals surface area (Å²) in [6.07, 6.45) is 6.41. The predicted octanol–water partition coefficient (Wildman–Crippen LogP) is 4.26. The van der Waals surface area contributed by atoms with E-state index in [4.69, 9.17) is 17.0 Å². The maximum absolute atomic E-state index is 4.93.